The van der Waals surface area contributed by atoms with Crippen LogP contribution in [0.2, 0.25) is 0 Å². The van der Waals surface area contributed by atoms with Gasteiger partial charge >= 0.3 is 0 Å². The van der Waals surface area contributed by atoms with E-state index in [1.807, 2.05) is 7.05 Å². The summed E-state index contributed by atoms with van der Waals surface area (Å²) in [6.45, 7) is 2.97. The molecule has 29 heavy (non-hydrogen) atoms. The van der Waals surface area contributed by atoms with Gasteiger partial charge in [-0.15, -0.1) is 0 Å². The quantitative estimate of drug-likeness (QED) is 0.633. The fourth-order valence-corrected chi connectivity index (χ4v) is 4.65. The van der Waals surface area contributed by atoms with E-state index in [4.69, 9.17) is 0 Å². The predicted molar refractivity (Wildman–Crippen MR) is 109 cm³/mol. The van der Waals surface area contributed by atoms with Gasteiger partial charge < -0.3 is 15.2 Å². The van der Waals surface area contributed by atoms with Crippen LogP contribution in [0.25, 0.3) is 11.0 Å². The molecule has 0 aliphatic carbocycles. The second kappa shape index (κ2) is 8.05. The third kappa shape index (κ3) is 4.39. The number of fused-ring (bicyclic) bond motifs is 1. The van der Waals surface area contributed by atoms with Crippen molar-refractivity contribution in [3.63, 3.8) is 0 Å². The van der Waals surface area contributed by atoms with E-state index in [1.165, 1.54) is 22.6 Å². The normalized spacial score (nSPS) is 16.3. The first-order valence-electron chi connectivity index (χ1n) is 9.44. The fourth-order valence-electron chi connectivity index (χ4n) is 3.28. The highest BCUT2D eigenvalue weighted by atomic mass is 32.2. The van der Waals surface area contributed by atoms with Crippen molar-refractivity contribution in [1.29, 1.82) is 0 Å². The van der Waals surface area contributed by atoms with Gasteiger partial charge in [-0.3, -0.25) is 0 Å². The van der Waals surface area contributed by atoms with Crippen LogP contribution in [0.15, 0.2) is 41.4 Å². The van der Waals surface area contributed by atoms with Crippen molar-refractivity contribution >= 4 is 26.9 Å². The molecule has 1 aromatic carbocycles. The molecule has 2 N–H and O–H groups in total. The summed E-state index contributed by atoms with van der Waals surface area (Å²) in [6.07, 6.45) is 1.99. The maximum absolute atomic E-state index is 13.3. The lowest BCUT2D eigenvalue weighted by Crippen LogP contribution is -2.47. The summed E-state index contributed by atoms with van der Waals surface area (Å²) in [5, 5.41) is 3.15. The van der Waals surface area contributed by atoms with Crippen molar-refractivity contribution in [2.75, 3.05) is 45.1 Å². The van der Waals surface area contributed by atoms with Crippen molar-refractivity contribution in [3.05, 3.63) is 48.2 Å². The first-order valence-corrected chi connectivity index (χ1v) is 10.9. The number of hydrogen-bond donors (Lipinski definition) is 2. The van der Waals surface area contributed by atoms with Gasteiger partial charge in [-0.2, -0.15) is 4.31 Å². The molecule has 10 heteroatoms. The molecule has 3 heterocycles. The number of likely N-dealkylation sites (N-methyl/N-ethyl adjacent to an activating group) is 1. The lowest BCUT2D eigenvalue weighted by Gasteiger charge is -2.31. The highest BCUT2D eigenvalue weighted by Gasteiger charge is 2.27. The van der Waals surface area contributed by atoms with Gasteiger partial charge in [0.15, 0.2) is 0 Å². The molecule has 154 valence electrons. The van der Waals surface area contributed by atoms with Crippen molar-refractivity contribution in [3.8, 4) is 0 Å². The monoisotopic (exact) mass is 418 g/mol. The number of H-pyrrole nitrogens is 1. The van der Waals surface area contributed by atoms with Gasteiger partial charge in [-0.25, -0.2) is 22.8 Å². The van der Waals surface area contributed by atoms with Gasteiger partial charge in [-0.1, -0.05) is 0 Å². The number of aromatic amines is 1. The van der Waals surface area contributed by atoms with E-state index < -0.39 is 10.0 Å². The van der Waals surface area contributed by atoms with E-state index >= 15 is 0 Å². The summed E-state index contributed by atoms with van der Waals surface area (Å²) < 4.78 is 40.2. The van der Waals surface area contributed by atoms with Crippen LogP contribution in [0.1, 0.15) is 5.82 Å². The molecule has 0 spiro atoms. The summed E-state index contributed by atoms with van der Waals surface area (Å²) in [6, 6.07) is 7.68. The molecule has 0 bridgehead atoms. The van der Waals surface area contributed by atoms with Crippen LogP contribution >= 0.6 is 0 Å². The highest BCUT2D eigenvalue weighted by molar-refractivity contribution is 7.89. The van der Waals surface area contributed by atoms with E-state index in [1.54, 1.807) is 18.2 Å². The molecular weight excluding hydrogens is 395 g/mol. The molecule has 0 radical (unpaired) electrons. The number of imidazole rings is 1. The van der Waals surface area contributed by atoms with Gasteiger partial charge in [0.05, 0.1) is 11.0 Å². The maximum atomic E-state index is 13.3. The Labute approximate surface area is 168 Å². The summed E-state index contributed by atoms with van der Waals surface area (Å²) in [5.41, 5.74) is 1.38. The van der Waals surface area contributed by atoms with E-state index in [2.05, 4.69) is 25.2 Å². The van der Waals surface area contributed by atoms with Crippen LogP contribution in [-0.2, 0) is 16.4 Å². The van der Waals surface area contributed by atoms with Crippen LogP contribution in [0.4, 0.5) is 10.2 Å². The van der Waals surface area contributed by atoms with Crippen LogP contribution in [0.3, 0.4) is 0 Å². The Morgan fingerprint density at radius 2 is 1.97 bits per heavy atom. The van der Waals surface area contributed by atoms with E-state index in [9.17, 15) is 12.8 Å². The molecule has 1 aliphatic heterocycles. The summed E-state index contributed by atoms with van der Waals surface area (Å²) >= 11 is 0. The Morgan fingerprint density at radius 3 is 2.69 bits per heavy atom. The minimum Gasteiger partial charge on any atom is -0.370 e. The number of aromatic nitrogens is 3. The standard InChI is InChI=1S/C19H23FN6O2S/c1-25-8-10-26(11-9-25)29(27,28)15-3-5-18(22-13-15)21-7-6-19-23-16-4-2-14(20)12-17(16)24-19/h2-5,12-13H,6-11H2,1H3,(H,21,22)(H,23,24). The van der Waals surface area contributed by atoms with Gasteiger partial charge in [0.1, 0.15) is 22.4 Å². The average molecular weight is 418 g/mol. The topological polar surface area (TPSA) is 94.2 Å². The molecular formula is C19H23FN6O2S. The third-order valence-electron chi connectivity index (χ3n) is 5.00. The van der Waals surface area contributed by atoms with Crippen LogP contribution < -0.4 is 5.32 Å². The lowest BCUT2D eigenvalue weighted by molar-refractivity contribution is 0.222. The number of halogens is 1. The van der Waals surface area contributed by atoms with Gasteiger partial charge in [0.25, 0.3) is 0 Å². The number of benzene rings is 1. The number of hydrogen-bond acceptors (Lipinski definition) is 6. The second-order valence-electron chi connectivity index (χ2n) is 7.11. The van der Waals surface area contributed by atoms with E-state index in [0.717, 1.165) is 24.4 Å². The summed E-state index contributed by atoms with van der Waals surface area (Å²) in [4.78, 5) is 14.0. The van der Waals surface area contributed by atoms with Crippen molar-refractivity contribution in [2.24, 2.45) is 0 Å². The molecule has 8 nitrogen and oxygen atoms in total. The number of rotatable bonds is 6. The zero-order chi connectivity index (χ0) is 20.4. The smallest absolute Gasteiger partial charge is 0.244 e. The number of nitrogens with one attached hydrogen (secondary N) is 2. The molecule has 0 amide bonds. The number of anilines is 1. The molecule has 1 aliphatic rings. The predicted octanol–water partition coefficient (Wildman–Crippen LogP) is 1.69. The first-order chi connectivity index (χ1) is 13.9. The largest absolute Gasteiger partial charge is 0.370 e. The van der Waals surface area contributed by atoms with Gasteiger partial charge in [-0.05, 0) is 37.4 Å². The fraction of sp³-hybridized carbons (Fsp3) is 0.368. The number of sulfonamides is 1. The summed E-state index contributed by atoms with van der Waals surface area (Å²) in [7, 11) is -1.53. The van der Waals surface area contributed by atoms with Crippen LogP contribution in [-0.4, -0.2) is 72.3 Å². The molecule has 0 saturated carbocycles. The maximum Gasteiger partial charge on any atom is 0.244 e. The van der Waals surface area contributed by atoms with Crippen molar-refractivity contribution < 1.29 is 12.8 Å². The number of piperazine rings is 1. The SMILES string of the molecule is CN1CCN(S(=O)(=O)c2ccc(NCCc3nc4ccc(F)cc4[nH]3)nc2)CC1. The van der Waals surface area contributed by atoms with Gasteiger partial charge in [0.2, 0.25) is 10.0 Å². The second-order valence-corrected chi connectivity index (χ2v) is 9.05. The Hall–Kier alpha value is -2.56. The van der Waals surface area contributed by atoms with E-state index in [-0.39, 0.29) is 10.7 Å². The van der Waals surface area contributed by atoms with Crippen molar-refractivity contribution in [2.45, 2.75) is 11.3 Å². The highest BCUT2D eigenvalue weighted by Crippen LogP contribution is 2.18. The zero-order valence-electron chi connectivity index (χ0n) is 16.1. The minimum absolute atomic E-state index is 0.201. The average Bonchev–Trinajstić information content (AvgIpc) is 3.10. The summed E-state index contributed by atoms with van der Waals surface area (Å²) in [5.74, 6) is 1.03. The minimum atomic E-state index is -3.51. The molecule has 1 saturated heterocycles. The third-order valence-corrected chi connectivity index (χ3v) is 6.88. The Balaban J connectivity index is 1.35. The van der Waals surface area contributed by atoms with E-state index in [0.29, 0.717) is 37.4 Å². The molecule has 0 atom stereocenters. The van der Waals surface area contributed by atoms with Crippen LogP contribution in [0.5, 0.6) is 0 Å². The number of nitrogens with zero attached hydrogens (tertiary/aromatic N) is 4. The zero-order valence-corrected chi connectivity index (χ0v) is 16.9. The molecule has 4 rings (SSSR count). The Kier molecular flexibility index (Phi) is 5.48. The van der Waals surface area contributed by atoms with Gasteiger partial charge in [0, 0.05) is 45.3 Å². The Morgan fingerprint density at radius 1 is 1.17 bits per heavy atom. The first kappa shape index (κ1) is 19.7. The number of pyridine rings is 1. The van der Waals surface area contributed by atoms with Crippen LogP contribution in [0, 0.1) is 5.82 Å². The molecule has 3 aromatic rings. The lowest BCUT2D eigenvalue weighted by atomic mass is 10.3. The molecule has 1 fully saturated rings. The molecule has 2 aromatic heterocycles. The molecule has 0 unspecified atom stereocenters. The van der Waals surface area contributed by atoms with Crippen molar-refractivity contribution in [1.82, 2.24) is 24.2 Å². The Bertz CT molecular complexity index is 1090.